The van der Waals surface area contributed by atoms with E-state index in [2.05, 4.69) is 33.2 Å². The van der Waals surface area contributed by atoms with Crippen LogP contribution in [0.4, 0.5) is 0 Å². The van der Waals surface area contributed by atoms with Gasteiger partial charge in [0.05, 0.1) is 0 Å². The Morgan fingerprint density at radius 3 is 2.45 bits per heavy atom. The molecule has 0 aliphatic rings. The Kier molecular flexibility index (Phi) is 8.08. The lowest BCUT2D eigenvalue weighted by atomic mass is 10.0. The van der Waals surface area contributed by atoms with E-state index in [4.69, 9.17) is 0 Å². The molecule has 160 valence electrons. The second kappa shape index (κ2) is 10.1. The molecule has 0 fully saturated rings. The number of H-pyrrole nitrogens is 1. The Hall–Kier alpha value is -2.08. The monoisotopic (exact) mass is 441 g/mol. The van der Waals surface area contributed by atoms with Gasteiger partial charge in [-0.3, -0.25) is 9.59 Å². The molecule has 1 aromatic heterocycles. The van der Waals surface area contributed by atoms with Gasteiger partial charge in [-0.25, -0.2) is 0 Å². The Morgan fingerprint density at radius 1 is 1.14 bits per heavy atom. The van der Waals surface area contributed by atoms with E-state index in [1.807, 2.05) is 42.2 Å². The zero-order valence-corrected chi connectivity index (χ0v) is 18.2. The zero-order chi connectivity index (χ0) is 21.6. The quantitative estimate of drug-likeness (QED) is 0.302. The molecule has 2 aromatic rings. The highest BCUT2D eigenvalue weighted by Gasteiger charge is 2.29. The lowest BCUT2D eigenvalue weighted by Gasteiger charge is -2.23. The number of amides is 2. The van der Waals surface area contributed by atoms with Crippen LogP contribution in [0.15, 0.2) is 30.5 Å². The molecule has 2 unspecified atom stereocenters. The Morgan fingerprint density at radius 2 is 1.83 bits per heavy atom. The number of aromatic nitrogens is 1. The molecule has 1 heterocycles. The summed E-state index contributed by atoms with van der Waals surface area (Å²) >= 11 is 3.55. The molecule has 0 spiro atoms. The van der Waals surface area contributed by atoms with Crippen molar-refractivity contribution in [3.05, 3.63) is 36.0 Å². The second-order valence-corrected chi connectivity index (χ2v) is 9.11. The topological polar surface area (TPSA) is 132 Å². The lowest BCUT2D eigenvalue weighted by molar-refractivity contribution is -0.129. The van der Waals surface area contributed by atoms with Crippen molar-refractivity contribution in [1.29, 1.82) is 0 Å². The van der Waals surface area contributed by atoms with Crippen molar-refractivity contribution in [2.24, 2.45) is 5.92 Å². The second-order valence-electron chi connectivity index (χ2n) is 7.13. The predicted molar refractivity (Wildman–Crippen MR) is 115 cm³/mol. The van der Waals surface area contributed by atoms with Crippen molar-refractivity contribution < 1.29 is 18.0 Å². The average Bonchev–Trinajstić information content (AvgIpc) is 3.08. The number of carbonyl (C=O) groups is 2. The highest BCUT2D eigenvalue weighted by molar-refractivity contribution is 7.99. The van der Waals surface area contributed by atoms with E-state index in [1.165, 1.54) is 7.05 Å². The summed E-state index contributed by atoms with van der Waals surface area (Å²) in [6.07, 6.45) is 2.31. The lowest BCUT2D eigenvalue weighted by Crippen LogP contribution is -2.55. The molecule has 0 aliphatic carbocycles. The first-order chi connectivity index (χ1) is 13.7. The SMILES string of the molecule is CNC(=O)C(Cc1c[nH]c2ccccc12)NC(=O)C(CC(C)C)NS(=O)(=O)NS. The molecule has 0 bridgehead atoms. The molecular formula is C18H27N5O4S2. The maximum Gasteiger partial charge on any atom is 0.286 e. The van der Waals surface area contributed by atoms with Crippen molar-refractivity contribution in [2.45, 2.75) is 38.8 Å². The van der Waals surface area contributed by atoms with Crippen LogP contribution in [0.25, 0.3) is 10.9 Å². The van der Waals surface area contributed by atoms with E-state index >= 15 is 0 Å². The largest absolute Gasteiger partial charge is 0.361 e. The van der Waals surface area contributed by atoms with Crippen LogP contribution >= 0.6 is 12.8 Å². The Bertz CT molecular complexity index is 958. The molecule has 0 aliphatic heterocycles. The Labute approximate surface area is 176 Å². The van der Waals surface area contributed by atoms with Crippen molar-refractivity contribution in [1.82, 2.24) is 24.5 Å². The maximum absolute atomic E-state index is 12.8. The predicted octanol–water partition coefficient (Wildman–Crippen LogP) is 0.625. The average molecular weight is 442 g/mol. The van der Waals surface area contributed by atoms with Gasteiger partial charge in [0.1, 0.15) is 12.1 Å². The molecule has 5 N–H and O–H groups in total. The fourth-order valence-electron chi connectivity index (χ4n) is 3.07. The van der Waals surface area contributed by atoms with Crippen LogP contribution in [0.2, 0.25) is 0 Å². The van der Waals surface area contributed by atoms with Crippen LogP contribution in [-0.4, -0.2) is 44.3 Å². The van der Waals surface area contributed by atoms with Crippen LogP contribution in [0.1, 0.15) is 25.8 Å². The van der Waals surface area contributed by atoms with Gasteiger partial charge in [-0.15, -0.1) is 4.13 Å². The number of hydrogen-bond donors (Lipinski definition) is 6. The number of para-hydroxylation sites is 1. The minimum Gasteiger partial charge on any atom is -0.361 e. The van der Waals surface area contributed by atoms with E-state index in [-0.39, 0.29) is 24.7 Å². The first-order valence-corrected chi connectivity index (χ1v) is 11.1. The van der Waals surface area contributed by atoms with E-state index in [9.17, 15) is 18.0 Å². The Balaban J connectivity index is 2.22. The maximum atomic E-state index is 12.8. The molecule has 2 atom stereocenters. The summed E-state index contributed by atoms with van der Waals surface area (Å²) < 4.78 is 27.7. The van der Waals surface area contributed by atoms with Gasteiger partial charge in [0.2, 0.25) is 11.8 Å². The minimum absolute atomic E-state index is 0.0421. The number of aromatic amines is 1. The molecule has 9 nitrogen and oxygen atoms in total. The van der Waals surface area contributed by atoms with Gasteiger partial charge in [0.25, 0.3) is 10.2 Å². The highest BCUT2D eigenvalue weighted by atomic mass is 32.3. The fourth-order valence-corrected chi connectivity index (χ4v) is 3.86. The van der Waals surface area contributed by atoms with Gasteiger partial charge in [-0.05, 0) is 24.0 Å². The molecule has 0 radical (unpaired) electrons. The fraction of sp³-hybridized carbons (Fsp3) is 0.444. The third-order valence-corrected chi connectivity index (χ3v) is 5.98. The van der Waals surface area contributed by atoms with Gasteiger partial charge in [-0.2, -0.15) is 13.1 Å². The number of thiol groups is 1. The van der Waals surface area contributed by atoms with Gasteiger partial charge in [0.15, 0.2) is 0 Å². The molecule has 29 heavy (non-hydrogen) atoms. The minimum atomic E-state index is -3.95. The summed E-state index contributed by atoms with van der Waals surface area (Å²) in [4.78, 5) is 28.4. The summed E-state index contributed by atoms with van der Waals surface area (Å²) in [6, 6.07) is 5.73. The molecule has 2 amide bonds. The van der Waals surface area contributed by atoms with Crippen LogP contribution in [-0.2, 0) is 26.2 Å². The van der Waals surface area contributed by atoms with Gasteiger partial charge >= 0.3 is 0 Å². The van der Waals surface area contributed by atoms with Crippen molar-refractivity contribution in [3.63, 3.8) is 0 Å². The number of rotatable bonds is 10. The number of hydrogen-bond acceptors (Lipinski definition) is 5. The van der Waals surface area contributed by atoms with Crippen molar-refractivity contribution >= 4 is 45.7 Å². The molecule has 2 rings (SSSR count). The van der Waals surface area contributed by atoms with Crippen molar-refractivity contribution in [3.8, 4) is 0 Å². The number of carbonyl (C=O) groups excluding carboxylic acids is 2. The molecule has 11 heteroatoms. The van der Waals surface area contributed by atoms with Crippen molar-refractivity contribution in [2.75, 3.05) is 7.05 Å². The normalized spacial score (nSPS) is 14.0. The molecule has 0 saturated carbocycles. The number of fused-ring (bicyclic) bond motifs is 1. The zero-order valence-electron chi connectivity index (χ0n) is 16.5. The molecular weight excluding hydrogens is 414 g/mol. The van der Waals surface area contributed by atoms with E-state index < -0.39 is 28.2 Å². The number of likely N-dealkylation sites (N-methyl/N-ethyl adjacent to an activating group) is 1. The van der Waals surface area contributed by atoms with E-state index in [1.54, 1.807) is 6.20 Å². The summed E-state index contributed by atoms with van der Waals surface area (Å²) in [5.41, 5.74) is 1.79. The van der Waals surface area contributed by atoms with Gasteiger partial charge in [-0.1, -0.05) is 44.9 Å². The number of nitrogens with one attached hydrogen (secondary N) is 5. The third kappa shape index (κ3) is 6.46. The van der Waals surface area contributed by atoms with Crippen LogP contribution < -0.4 is 19.5 Å². The summed E-state index contributed by atoms with van der Waals surface area (Å²) in [5.74, 6) is -0.915. The summed E-state index contributed by atoms with van der Waals surface area (Å²) in [6.45, 7) is 3.73. The standard InChI is InChI=1S/C18H27N5O4S2/c1-11(2)8-16(22-29(26,27)23-28)18(25)21-15(17(24)19-3)9-12-10-20-14-7-5-4-6-13(12)14/h4-7,10-11,15-16,20,22-23,28H,8-9H2,1-3H3,(H,19,24)(H,21,25). The third-order valence-electron chi connectivity index (χ3n) is 4.42. The molecule has 0 saturated heterocycles. The smallest absolute Gasteiger partial charge is 0.286 e. The van der Waals surface area contributed by atoms with E-state index in [0.717, 1.165) is 16.5 Å². The molecule has 1 aromatic carbocycles. The van der Waals surface area contributed by atoms with E-state index in [0.29, 0.717) is 0 Å². The van der Waals surface area contributed by atoms with Gasteiger partial charge in [0, 0.05) is 30.6 Å². The summed E-state index contributed by atoms with van der Waals surface area (Å²) in [5, 5.41) is 6.17. The van der Waals surface area contributed by atoms with Gasteiger partial charge < -0.3 is 15.6 Å². The summed E-state index contributed by atoms with van der Waals surface area (Å²) in [7, 11) is -2.47. The van der Waals surface area contributed by atoms with Crippen LogP contribution in [0.3, 0.4) is 0 Å². The first-order valence-electron chi connectivity index (χ1n) is 9.17. The van der Waals surface area contributed by atoms with Crippen LogP contribution in [0, 0.1) is 5.92 Å². The number of benzene rings is 1. The highest BCUT2D eigenvalue weighted by Crippen LogP contribution is 2.19. The van der Waals surface area contributed by atoms with Crippen LogP contribution in [0.5, 0.6) is 0 Å². The first kappa shape index (κ1) is 23.2.